The Balaban J connectivity index is 1.50. The first-order valence-corrected chi connectivity index (χ1v) is 9.58. The Morgan fingerprint density at radius 1 is 1.04 bits per heavy atom. The summed E-state index contributed by atoms with van der Waals surface area (Å²) in [7, 11) is 0. The SMILES string of the molecule is O=C1CC[C@@H](C(=O)N2CCC(c3ccccc3)(N3CCCC3)CC2)N1. The van der Waals surface area contributed by atoms with Gasteiger partial charge in [-0.1, -0.05) is 30.3 Å². The van der Waals surface area contributed by atoms with Crippen molar-refractivity contribution in [2.24, 2.45) is 0 Å². The van der Waals surface area contributed by atoms with Crippen LogP contribution in [0, 0.1) is 0 Å². The smallest absolute Gasteiger partial charge is 0.245 e. The molecule has 1 aromatic rings. The highest BCUT2D eigenvalue weighted by Crippen LogP contribution is 2.41. The van der Waals surface area contributed by atoms with Crippen LogP contribution in [0.25, 0.3) is 0 Å². The fraction of sp³-hybridized carbons (Fsp3) is 0.600. The molecule has 0 radical (unpaired) electrons. The van der Waals surface area contributed by atoms with Crippen molar-refractivity contribution in [3.63, 3.8) is 0 Å². The van der Waals surface area contributed by atoms with Gasteiger partial charge in [0.2, 0.25) is 11.8 Å². The maximum atomic E-state index is 12.7. The van der Waals surface area contributed by atoms with Crippen molar-refractivity contribution < 1.29 is 9.59 Å². The van der Waals surface area contributed by atoms with Gasteiger partial charge >= 0.3 is 0 Å². The molecule has 1 N–H and O–H groups in total. The van der Waals surface area contributed by atoms with Gasteiger partial charge in [-0.3, -0.25) is 14.5 Å². The summed E-state index contributed by atoms with van der Waals surface area (Å²) in [5, 5.41) is 2.82. The van der Waals surface area contributed by atoms with E-state index in [1.807, 2.05) is 4.90 Å². The quantitative estimate of drug-likeness (QED) is 0.913. The molecular weight excluding hydrogens is 314 g/mol. The molecular formula is C20H27N3O2. The van der Waals surface area contributed by atoms with Gasteiger partial charge < -0.3 is 10.2 Å². The minimum absolute atomic E-state index is 0.00561. The average molecular weight is 341 g/mol. The molecule has 2 amide bonds. The number of rotatable bonds is 3. The lowest BCUT2D eigenvalue weighted by molar-refractivity contribution is -0.137. The average Bonchev–Trinajstić information content (AvgIpc) is 3.34. The van der Waals surface area contributed by atoms with Crippen molar-refractivity contribution in [3.8, 4) is 0 Å². The largest absolute Gasteiger partial charge is 0.344 e. The van der Waals surface area contributed by atoms with Crippen LogP contribution in [0.4, 0.5) is 0 Å². The molecule has 0 saturated carbocycles. The van der Waals surface area contributed by atoms with E-state index >= 15 is 0 Å². The second-order valence-corrected chi connectivity index (χ2v) is 7.58. The number of likely N-dealkylation sites (tertiary alicyclic amines) is 2. The minimum Gasteiger partial charge on any atom is -0.344 e. The van der Waals surface area contributed by atoms with Crippen molar-refractivity contribution in [1.82, 2.24) is 15.1 Å². The Kier molecular flexibility index (Phi) is 4.50. The van der Waals surface area contributed by atoms with Gasteiger partial charge in [-0.2, -0.15) is 0 Å². The number of nitrogens with zero attached hydrogens (tertiary/aromatic N) is 2. The molecule has 0 bridgehead atoms. The fourth-order valence-corrected chi connectivity index (χ4v) is 4.80. The molecule has 0 aliphatic carbocycles. The molecule has 5 heteroatoms. The normalized spacial score (nSPS) is 26.6. The summed E-state index contributed by atoms with van der Waals surface area (Å²) in [6.45, 7) is 3.86. The molecule has 1 aromatic carbocycles. The third kappa shape index (κ3) is 3.06. The van der Waals surface area contributed by atoms with E-state index < -0.39 is 0 Å². The van der Waals surface area contributed by atoms with Crippen molar-refractivity contribution in [2.45, 2.75) is 50.1 Å². The first-order valence-electron chi connectivity index (χ1n) is 9.58. The molecule has 134 valence electrons. The van der Waals surface area contributed by atoms with E-state index in [-0.39, 0.29) is 23.4 Å². The lowest BCUT2D eigenvalue weighted by Gasteiger charge is -2.48. The van der Waals surface area contributed by atoms with Crippen LogP contribution in [0.3, 0.4) is 0 Å². The summed E-state index contributed by atoms with van der Waals surface area (Å²) in [5.74, 6) is 0.111. The molecule has 3 saturated heterocycles. The van der Waals surface area contributed by atoms with Gasteiger partial charge in [0.05, 0.1) is 0 Å². The van der Waals surface area contributed by atoms with E-state index in [4.69, 9.17) is 0 Å². The Morgan fingerprint density at radius 3 is 2.32 bits per heavy atom. The van der Waals surface area contributed by atoms with Gasteiger partial charge in [0.1, 0.15) is 6.04 Å². The molecule has 5 nitrogen and oxygen atoms in total. The molecule has 3 aliphatic heterocycles. The van der Waals surface area contributed by atoms with Crippen LogP contribution in [-0.4, -0.2) is 53.8 Å². The number of benzene rings is 1. The third-order valence-electron chi connectivity index (χ3n) is 6.22. The van der Waals surface area contributed by atoms with Gasteiger partial charge in [-0.05, 0) is 50.8 Å². The van der Waals surface area contributed by atoms with Gasteiger partial charge in [-0.25, -0.2) is 0 Å². The topological polar surface area (TPSA) is 52.7 Å². The van der Waals surface area contributed by atoms with Crippen LogP contribution in [0.1, 0.15) is 44.1 Å². The monoisotopic (exact) mass is 341 g/mol. The van der Waals surface area contributed by atoms with Gasteiger partial charge in [0.15, 0.2) is 0 Å². The number of carbonyl (C=O) groups excluding carboxylic acids is 2. The van der Waals surface area contributed by atoms with Crippen molar-refractivity contribution in [3.05, 3.63) is 35.9 Å². The first-order chi connectivity index (χ1) is 12.2. The van der Waals surface area contributed by atoms with E-state index in [0.29, 0.717) is 12.8 Å². The van der Waals surface area contributed by atoms with E-state index in [9.17, 15) is 9.59 Å². The van der Waals surface area contributed by atoms with Gasteiger partial charge in [0.25, 0.3) is 0 Å². The predicted octanol–water partition coefficient (Wildman–Crippen LogP) is 1.88. The third-order valence-corrected chi connectivity index (χ3v) is 6.22. The molecule has 3 heterocycles. The van der Waals surface area contributed by atoms with Crippen LogP contribution >= 0.6 is 0 Å². The van der Waals surface area contributed by atoms with Gasteiger partial charge in [0, 0.05) is 25.0 Å². The lowest BCUT2D eigenvalue weighted by atomic mass is 9.79. The van der Waals surface area contributed by atoms with Crippen LogP contribution in [0.5, 0.6) is 0 Å². The predicted molar refractivity (Wildman–Crippen MR) is 95.9 cm³/mol. The van der Waals surface area contributed by atoms with E-state index in [1.165, 1.54) is 18.4 Å². The lowest BCUT2D eigenvalue weighted by Crippen LogP contribution is -2.55. The highest BCUT2D eigenvalue weighted by atomic mass is 16.2. The molecule has 3 aliphatic rings. The summed E-state index contributed by atoms with van der Waals surface area (Å²) in [4.78, 5) is 28.7. The zero-order valence-corrected chi connectivity index (χ0v) is 14.7. The number of hydrogen-bond acceptors (Lipinski definition) is 3. The minimum atomic E-state index is -0.302. The van der Waals surface area contributed by atoms with Gasteiger partial charge in [-0.15, -0.1) is 0 Å². The van der Waals surface area contributed by atoms with E-state index in [0.717, 1.165) is 39.0 Å². The van der Waals surface area contributed by atoms with Crippen molar-refractivity contribution in [1.29, 1.82) is 0 Å². The standard InChI is InChI=1S/C20H27N3O2/c24-18-9-8-17(21-18)19(25)22-14-10-20(11-15-22,23-12-4-5-13-23)16-6-2-1-3-7-16/h1-3,6-7,17H,4-5,8-15H2,(H,21,24)/t17-/m0/s1. The van der Waals surface area contributed by atoms with Crippen LogP contribution in [0.15, 0.2) is 30.3 Å². The molecule has 0 aromatic heterocycles. The van der Waals surface area contributed by atoms with Crippen LogP contribution in [-0.2, 0) is 15.1 Å². The van der Waals surface area contributed by atoms with Crippen molar-refractivity contribution >= 4 is 11.8 Å². The Labute approximate surface area is 149 Å². The molecule has 0 unspecified atom stereocenters. The molecule has 25 heavy (non-hydrogen) atoms. The first kappa shape index (κ1) is 16.6. The number of carbonyl (C=O) groups is 2. The number of hydrogen-bond donors (Lipinski definition) is 1. The molecule has 1 atom stereocenters. The zero-order chi connectivity index (χ0) is 17.3. The summed E-state index contributed by atoms with van der Waals surface area (Å²) in [6, 6.07) is 10.5. The molecule has 0 spiro atoms. The van der Waals surface area contributed by atoms with Crippen molar-refractivity contribution in [2.75, 3.05) is 26.2 Å². The Bertz CT molecular complexity index is 632. The Morgan fingerprint density at radius 2 is 1.72 bits per heavy atom. The number of piperidine rings is 1. The van der Waals surface area contributed by atoms with Crippen LogP contribution in [0.2, 0.25) is 0 Å². The summed E-state index contributed by atoms with van der Waals surface area (Å²) in [5.41, 5.74) is 1.45. The molecule has 4 rings (SSSR count). The highest BCUT2D eigenvalue weighted by Gasteiger charge is 2.44. The Hall–Kier alpha value is -1.88. The van der Waals surface area contributed by atoms with E-state index in [2.05, 4.69) is 40.5 Å². The maximum absolute atomic E-state index is 12.7. The second kappa shape index (κ2) is 6.79. The zero-order valence-electron chi connectivity index (χ0n) is 14.7. The highest BCUT2D eigenvalue weighted by molar-refractivity contribution is 5.90. The fourth-order valence-electron chi connectivity index (χ4n) is 4.80. The maximum Gasteiger partial charge on any atom is 0.245 e. The van der Waals surface area contributed by atoms with Crippen LogP contribution < -0.4 is 5.32 Å². The van der Waals surface area contributed by atoms with E-state index in [1.54, 1.807) is 0 Å². The number of amides is 2. The summed E-state index contributed by atoms with van der Waals surface area (Å²) >= 11 is 0. The summed E-state index contributed by atoms with van der Waals surface area (Å²) < 4.78 is 0. The number of nitrogens with one attached hydrogen (secondary N) is 1. The second-order valence-electron chi connectivity index (χ2n) is 7.58. The molecule has 3 fully saturated rings. The summed E-state index contributed by atoms with van der Waals surface area (Å²) in [6.07, 6.45) is 5.61.